The molecular weight excluding hydrogens is 336 g/mol. The molecule has 4 rings (SSSR count). The topological polar surface area (TPSA) is 41.6 Å². The van der Waals surface area contributed by atoms with Crippen LogP contribution in [0.25, 0.3) is 0 Å². The van der Waals surface area contributed by atoms with Crippen molar-refractivity contribution >= 4 is 17.3 Å². The normalized spacial score (nSPS) is 12.5. The smallest absolute Gasteiger partial charge is 0.246 e. The van der Waals surface area contributed by atoms with Gasteiger partial charge in [-0.1, -0.05) is 48.5 Å². The minimum absolute atomic E-state index is 0.0874. The highest BCUT2D eigenvalue weighted by molar-refractivity contribution is 5.98. The predicted molar refractivity (Wildman–Crippen MR) is 108 cm³/mol. The lowest BCUT2D eigenvalue weighted by Crippen LogP contribution is -2.34. The minimum Gasteiger partial charge on any atom is -0.489 e. The third-order valence-electron chi connectivity index (χ3n) is 4.73. The van der Waals surface area contributed by atoms with Gasteiger partial charge in [-0.15, -0.1) is 0 Å². The summed E-state index contributed by atoms with van der Waals surface area (Å²) in [6, 6.07) is 25.9. The number of hydrogen-bond acceptors (Lipinski definition) is 3. The molecule has 1 aliphatic rings. The van der Waals surface area contributed by atoms with Crippen molar-refractivity contribution in [3.05, 3.63) is 90.0 Å². The van der Waals surface area contributed by atoms with Crippen LogP contribution in [0.4, 0.5) is 11.4 Å². The molecule has 0 radical (unpaired) electrons. The lowest BCUT2D eigenvalue weighted by Gasteiger charge is -2.18. The number of ether oxygens (including phenoxy) is 1. The largest absolute Gasteiger partial charge is 0.489 e. The van der Waals surface area contributed by atoms with Gasteiger partial charge >= 0.3 is 0 Å². The summed E-state index contributed by atoms with van der Waals surface area (Å²) in [5, 5.41) is 3.21. The van der Waals surface area contributed by atoms with E-state index in [4.69, 9.17) is 4.74 Å². The Morgan fingerprint density at radius 1 is 0.926 bits per heavy atom. The zero-order chi connectivity index (χ0) is 18.5. The zero-order valence-electron chi connectivity index (χ0n) is 15.1. The molecule has 0 spiro atoms. The van der Waals surface area contributed by atoms with Crippen molar-refractivity contribution in [2.24, 2.45) is 0 Å². The van der Waals surface area contributed by atoms with Crippen molar-refractivity contribution in [3.63, 3.8) is 0 Å². The molecule has 0 saturated heterocycles. The van der Waals surface area contributed by atoms with Gasteiger partial charge in [0.1, 0.15) is 12.4 Å². The number of carbonyl (C=O) groups is 1. The van der Waals surface area contributed by atoms with Crippen molar-refractivity contribution in [3.8, 4) is 5.75 Å². The van der Waals surface area contributed by atoms with E-state index in [1.165, 1.54) is 5.56 Å². The van der Waals surface area contributed by atoms with Gasteiger partial charge in [-0.3, -0.25) is 4.79 Å². The Morgan fingerprint density at radius 2 is 1.67 bits per heavy atom. The van der Waals surface area contributed by atoms with Gasteiger partial charge in [0, 0.05) is 17.9 Å². The Morgan fingerprint density at radius 3 is 2.48 bits per heavy atom. The number of fused-ring (bicyclic) bond motifs is 1. The molecule has 0 fully saturated rings. The lowest BCUT2D eigenvalue weighted by atomic mass is 10.2. The van der Waals surface area contributed by atoms with Crippen molar-refractivity contribution in [1.29, 1.82) is 0 Å². The second-order valence-corrected chi connectivity index (χ2v) is 6.58. The van der Waals surface area contributed by atoms with Crippen LogP contribution in [0.3, 0.4) is 0 Å². The highest BCUT2D eigenvalue weighted by atomic mass is 16.5. The van der Waals surface area contributed by atoms with Crippen LogP contribution in [-0.4, -0.2) is 19.0 Å². The van der Waals surface area contributed by atoms with E-state index in [2.05, 4.69) is 11.4 Å². The molecule has 0 aromatic heterocycles. The molecule has 1 N–H and O–H groups in total. The molecular formula is C23H22N2O2. The quantitative estimate of drug-likeness (QED) is 0.716. The molecule has 3 aromatic rings. The molecule has 0 aliphatic carbocycles. The van der Waals surface area contributed by atoms with E-state index < -0.39 is 0 Å². The Hall–Kier alpha value is -3.27. The zero-order valence-corrected chi connectivity index (χ0v) is 15.1. The van der Waals surface area contributed by atoms with Gasteiger partial charge < -0.3 is 15.0 Å². The predicted octanol–water partition coefficient (Wildman–Crippen LogP) is 4.27. The second kappa shape index (κ2) is 7.96. The van der Waals surface area contributed by atoms with Gasteiger partial charge in [-0.2, -0.15) is 0 Å². The lowest BCUT2D eigenvalue weighted by molar-refractivity contribution is -0.116. The van der Waals surface area contributed by atoms with Crippen molar-refractivity contribution in [2.45, 2.75) is 13.0 Å². The first-order chi connectivity index (χ1) is 13.3. The van der Waals surface area contributed by atoms with Crippen LogP contribution < -0.4 is 15.0 Å². The maximum Gasteiger partial charge on any atom is 0.246 e. The molecule has 1 amide bonds. The molecule has 0 atom stereocenters. The minimum atomic E-state index is 0.0874. The van der Waals surface area contributed by atoms with E-state index in [1.54, 1.807) is 0 Å². The molecule has 0 saturated carbocycles. The molecule has 136 valence electrons. The molecule has 1 heterocycles. The summed E-state index contributed by atoms with van der Waals surface area (Å²) < 4.78 is 5.79. The van der Waals surface area contributed by atoms with Crippen LogP contribution >= 0.6 is 0 Å². The molecule has 27 heavy (non-hydrogen) atoms. The number of anilines is 2. The summed E-state index contributed by atoms with van der Waals surface area (Å²) in [7, 11) is 0. The summed E-state index contributed by atoms with van der Waals surface area (Å²) in [5.41, 5.74) is 4.32. The van der Waals surface area contributed by atoms with E-state index in [0.717, 1.165) is 35.7 Å². The molecule has 3 aromatic carbocycles. The maximum absolute atomic E-state index is 12.5. The van der Waals surface area contributed by atoms with E-state index in [9.17, 15) is 4.79 Å². The first kappa shape index (κ1) is 17.2. The molecule has 0 bridgehead atoms. The summed E-state index contributed by atoms with van der Waals surface area (Å²) in [5.74, 6) is 0.897. The molecule has 4 nitrogen and oxygen atoms in total. The Kier molecular flexibility index (Phi) is 5.06. The van der Waals surface area contributed by atoms with E-state index in [0.29, 0.717) is 6.61 Å². The first-order valence-electron chi connectivity index (χ1n) is 9.18. The first-order valence-corrected chi connectivity index (χ1v) is 9.18. The van der Waals surface area contributed by atoms with Crippen molar-refractivity contribution < 1.29 is 9.53 Å². The highest BCUT2D eigenvalue weighted by Crippen LogP contribution is 2.27. The van der Waals surface area contributed by atoms with E-state index >= 15 is 0 Å². The summed E-state index contributed by atoms with van der Waals surface area (Å²) in [4.78, 5) is 14.4. The Bertz CT molecular complexity index is 907. The molecule has 1 aliphatic heterocycles. The van der Waals surface area contributed by atoms with Gasteiger partial charge in [0.05, 0.1) is 6.54 Å². The van der Waals surface area contributed by atoms with Gasteiger partial charge in [-0.05, 0) is 47.9 Å². The standard InChI is InChI=1S/C23H22N2O2/c26-23(25-15-14-19-8-4-5-9-22(19)25)16-24-20-10-12-21(13-11-20)27-17-18-6-2-1-3-7-18/h1-13,24H,14-17H2. The van der Waals surface area contributed by atoms with Crippen LogP contribution in [0, 0.1) is 0 Å². The third-order valence-corrected chi connectivity index (χ3v) is 4.73. The highest BCUT2D eigenvalue weighted by Gasteiger charge is 2.23. The summed E-state index contributed by atoms with van der Waals surface area (Å²) in [6.45, 7) is 1.57. The number of benzene rings is 3. The van der Waals surface area contributed by atoms with Gasteiger partial charge in [0.25, 0.3) is 0 Å². The van der Waals surface area contributed by atoms with Crippen molar-refractivity contribution in [1.82, 2.24) is 0 Å². The number of nitrogens with zero attached hydrogens (tertiary/aromatic N) is 1. The molecule has 0 unspecified atom stereocenters. The maximum atomic E-state index is 12.5. The fourth-order valence-electron chi connectivity index (χ4n) is 3.28. The monoisotopic (exact) mass is 358 g/mol. The summed E-state index contributed by atoms with van der Waals surface area (Å²) >= 11 is 0. The number of para-hydroxylation sites is 1. The van der Waals surface area contributed by atoms with Crippen molar-refractivity contribution in [2.75, 3.05) is 23.3 Å². The number of rotatable bonds is 6. The van der Waals surface area contributed by atoms with Gasteiger partial charge in [-0.25, -0.2) is 0 Å². The SMILES string of the molecule is O=C(CNc1ccc(OCc2ccccc2)cc1)N1CCc2ccccc21. The number of hydrogen-bond donors (Lipinski definition) is 1. The van der Waals surface area contributed by atoms with E-state index in [-0.39, 0.29) is 12.5 Å². The fraction of sp³-hybridized carbons (Fsp3) is 0.174. The van der Waals surface area contributed by atoms with Gasteiger partial charge in [0.15, 0.2) is 0 Å². The average Bonchev–Trinajstić information content (AvgIpc) is 3.16. The third kappa shape index (κ3) is 4.11. The van der Waals surface area contributed by atoms with Crippen LogP contribution in [0.1, 0.15) is 11.1 Å². The van der Waals surface area contributed by atoms with Crippen LogP contribution in [0.5, 0.6) is 5.75 Å². The van der Waals surface area contributed by atoms with Gasteiger partial charge in [0.2, 0.25) is 5.91 Å². The number of amides is 1. The average molecular weight is 358 g/mol. The Balaban J connectivity index is 1.29. The number of nitrogens with one attached hydrogen (secondary N) is 1. The molecule has 4 heteroatoms. The Labute approximate surface area is 159 Å². The fourth-order valence-corrected chi connectivity index (χ4v) is 3.28. The van der Waals surface area contributed by atoms with E-state index in [1.807, 2.05) is 77.7 Å². The number of carbonyl (C=O) groups excluding carboxylic acids is 1. The van der Waals surface area contributed by atoms with Crippen LogP contribution in [0.15, 0.2) is 78.9 Å². The van der Waals surface area contributed by atoms with Crippen LogP contribution in [0.2, 0.25) is 0 Å². The summed E-state index contributed by atoms with van der Waals surface area (Å²) in [6.07, 6.45) is 0.926. The second-order valence-electron chi connectivity index (χ2n) is 6.58. The van der Waals surface area contributed by atoms with Crippen LogP contribution in [-0.2, 0) is 17.8 Å².